The van der Waals surface area contributed by atoms with Crippen LogP contribution in [0.5, 0.6) is 0 Å². The third kappa shape index (κ3) is 29.4. The van der Waals surface area contributed by atoms with Crippen molar-refractivity contribution in [3.63, 3.8) is 0 Å². The molecule has 0 aromatic rings. The molecule has 0 spiro atoms. The minimum Gasteiger partial charge on any atom is -0.462 e. The molecule has 0 bridgehead atoms. The first-order chi connectivity index (χ1) is 18.1. The molecule has 0 aromatic heterocycles. The Morgan fingerprint density at radius 1 is 0.459 bits per heavy atom. The average molecular weight is 525 g/mol. The van der Waals surface area contributed by atoms with E-state index in [1.807, 2.05) is 0 Å². The zero-order chi connectivity index (χ0) is 27.2. The summed E-state index contributed by atoms with van der Waals surface area (Å²) < 4.78 is 10.7. The van der Waals surface area contributed by atoms with Crippen molar-refractivity contribution in [2.24, 2.45) is 0 Å². The first-order valence-electron chi connectivity index (χ1n) is 16.4. The van der Waals surface area contributed by atoms with Crippen molar-refractivity contribution in [2.75, 3.05) is 6.61 Å². The molecule has 0 fully saturated rings. The number of carbonyl (C=O) groups excluding carboxylic acids is 2. The molecule has 220 valence electrons. The van der Waals surface area contributed by atoms with E-state index in [2.05, 4.69) is 13.8 Å². The third-order valence-electron chi connectivity index (χ3n) is 7.28. The second-order valence-corrected chi connectivity index (χ2v) is 11.3. The van der Waals surface area contributed by atoms with Gasteiger partial charge in [-0.3, -0.25) is 9.59 Å². The second kappa shape index (κ2) is 29.5. The van der Waals surface area contributed by atoms with Gasteiger partial charge in [-0.1, -0.05) is 155 Å². The van der Waals surface area contributed by atoms with Crippen LogP contribution in [0.1, 0.15) is 188 Å². The molecule has 0 heterocycles. The van der Waals surface area contributed by atoms with Crippen LogP contribution in [0.3, 0.4) is 0 Å². The van der Waals surface area contributed by atoms with Crippen LogP contribution in [-0.4, -0.2) is 24.6 Å². The number of ether oxygens (including phenoxy) is 2. The maximum Gasteiger partial charge on any atom is 0.306 e. The summed E-state index contributed by atoms with van der Waals surface area (Å²) in [4.78, 5) is 24.0. The summed E-state index contributed by atoms with van der Waals surface area (Å²) in [6.45, 7) is 6.50. The zero-order valence-electron chi connectivity index (χ0n) is 25.3. The lowest BCUT2D eigenvalue weighted by atomic mass is 10.0. The minimum absolute atomic E-state index is 0.168. The van der Waals surface area contributed by atoms with Gasteiger partial charge in [-0.25, -0.2) is 0 Å². The highest BCUT2D eigenvalue weighted by molar-refractivity contribution is 5.70. The molecule has 4 nitrogen and oxygen atoms in total. The topological polar surface area (TPSA) is 52.6 Å². The molecule has 0 aliphatic rings. The van der Waals surface area contributed by atoms with E-state index in [4.69, 9.17) is 9.47 Å². The molecule has 0 radical (unpaired) electrons. The standard InChI is InChI=1S/C33H64O4/c1-4-6-8-10-12-14-16-18-20-22-24-26-28-32(34)36-30-31(3)37-33(35)29-27-25-23-21-19-17-15-13-11-9-7-5-2/h31H,4-30H2,1-3H3. The van der Waals surface area contributed by atoms with Crippen molar-refractivity contribution in [3.05, 3.63) is 0 Å². The fourth-order valence-corrected chi connectivity index (χ4v) is 4.82. The molecule has 1 atom stereocenters. The zero-order valence-corrected chi connectivity index (χ0v) is 25.3. The fourth-order valence-electron chi connectivity index (χ4n) is 4.82. The van der Waals surface area contributed by atoms with Crippen LogP contribution in [0.25, 0.3) is 0 Å². The summed E-state index contributed by atoms with van der Waals surface area (Å²) in [6, 6.07) is 0. The number of unbranched alkanes of at least 4 members (excludes halogenated alkanes) is 22. The maximum atomic E-state index is 12.0. The largest absolute Gasteiger partial charge is 0.462 e. The van der Waals surface area contributed by atoms with Crippen molar-refractivity contribution in [3.8, 4) is 0 Å². The molecule has 0 N–H and O–H groups in total. The monoisotopic (exact) mass is 524 g/mol. The number of hydrogen-bond acceptors (Lipinski definition) is 4. The third-order valence-corrected chi connectivity index (χ3v) is 7.28. The summed E-state index contributed by atoms with van der Waals surface area (Å²) in [5.74, 6) is -0.340. The number of rotatable bonds is 29. The van der Waals surface area contributed by atoms with Crippen LogP contribution >= 0.6 is 0 Å². The SMILES string of the molecule is CCCCCCCCCCCCCCC(=O)OCC(C)OC(=O)CCCCCCCCCCCCCC. The Labute approximate surface area is 231 Å². The van der Waals surface area contributed by atoms with E-state index in [9.17, 15) is 9.59 Å². The van der Waals surface area contributed by atoms with Crippen molar-refractivity contribution >= 4 is 11.9 Å². The quantitative estimate of drug-likeness (QED) is 0.0721. The lowest BCUT2D eigenvalue weighted by molar-refractivity contribution is -0.158. The predicted octanol–water partition coefficient (Wildman–Crippen LogP) is 10.6. The van der Waals surface area contributed by atoms with Gasteiger partial charge in [0.1, 0.15) is 12.7 Å². The van der Waals surface area contributed by atoms with E-state index in [0.29, 0.717) is 12.8 Å². The summed E-state index contributed by atoms with van der Waals surface area (Å²) >= 11 is 0. The van der Waals surface area contributed by atoms with E-state index in [1.54, 1.807) is 6.92 Å². The summed E-state index contributed by atoms with van der Waals surface area (Å²) in [7, 11) is 0. The number of carbonyl (C=O) groups is 2. The van der Waals surface area contributed by atoms with Gasteiger partial charge in [-0.15, -0.1) is 0 Å². The molecular weight excluding hydrogens is 460 g/mol. The molecule has 0 amide bonds. The molecule has 0 saturated heterocycles. The van der Waals surface area contributed by atoms with E-state index >= 15 is 0 Å². The first-order valence-corrected chi connectivity index (χ1v) is 16.4. The van der Waals surface area contributed by atoms with Crippen LogP contribution in [0.2, 0.25) is 0 Å². The second-order valence-electron chi connectivity index (χ2n) is 11.3. The van der Waals surface area contributed by atoms with Crippen molar-refractivity contribution in [1.82, 2.24) is 0 Å². The van der Waals surface area contributed by atoms with Gasteiger partial charge in [-0.05, 0) is 19.8 Å². The molecule has 0 aliphatic heterocycles. The Hall–Kier alpha value is -1.06. The Morgan fingerprint density at radius 2 is 0.757 bits per heavy atom. The van der Waals surface area contributed by atoms with Crippen LogP contribution < -0.4 is 0 Å². The van der Waals surface area contributed by atoms with Crippen LogP contribution in [-0.2, 0) is 19.1 Å². The number of esters is 2. The molecule has 37 heavy (non-hydrogen) atoms. The lowest BCUT2D eigenvalue weighted by Gasteiger charge is -2.13. The Balaban J connectivity index is 3.42. The molecule has 1 unspecified atom stereocenters. The smallest absolute Gasteiger partial charge is 0.306 e. The first kappa shape index (κ1) is 35.9. The predicted molar refractivity (Wildman–Crippen MR) is 158 cm³/mol. The van der Waals surface area contributed by atoms with Crippen molar-refractivity contribution in [1.29, 1.82) is 0 Å². The van der Waals surface area contributed by atoms with Gasteiger partial charge in [0.15, 0.2) is 0 Å². The van der Waals surface area contributed by atoms with E-state index in [-0.39, 0.29) is 24.6 Å². The Kier molecular flexibility index (Phi) is 28.7. The van der Waals surface area contributed by atoms with Crippen LogP contribution in [0.4, 0.5) is 0 Å². The molecule has 0 saturated carbocycles. The average Bonchev–Trinajstić information content (AvgIpc) is 2.88. The Bertz CT molecular complexity index is 491. The lowest BCUT2D eigenvalue weighted by Crippen LogP contribution is -2.22. The molecule has 0 rings (SSSR count). The normalized spacial score (nSPS) is 12.0. The molecule has 4 heteroatoms. The highest BCUT2D eigenvalue weighted by Crippen LogP contribution is 2.14. The van der Waals surface area contributed by atoms with Gasteiger partial charge in [0.2, 0.25) is 0 Å². The Morgan fingerprint density at radius 3 is 1.11 bits per heavy atom. The summed E-state index contributed by atoms with van der Waals surface area (Å²) in [6.07, 6.45) is 31.3. The van der Waals surface area contributed by atoms with Gasteiger partial charge < -0.3 is 9.47 Å². The number of hydrogen-bond donors (Lipinski definition) is 0. The van der Waals surface area contributed by atoms with Crippen molar-refractivity contribution < 1.29 is 19.1 Å². The summed E-state index contributed by atoms with van der Waals surface area (Å²) in [5, 5.41) is 0. The van der Waals surface area contributed by atoms with Gasteiger partial charge >= 0.3 is 11.9 Å². The minimum atomic E-state index is -0.365. The van der Waals surface area contributed by atoms with Crippen molar-refractivity contribution in [2.45, 2.75) is 194 Å². The maximum absolute atomic E-state index is 12.0. The summed E-state index contributed by atoms with van der Waals surface area (Å²) in [5.41, 5.74) is 0. The van der Waals surface area contributed by atoms with E-state index < -0.39 is 0 Å². The van der Waals surface area contributed by atoms with E-state index in [0.717, 1.165) is 25.7 Å². The molecular formula is C33H64O4. The van der Waals surface area contributed by atoms with E-state index in [1.165, 1.54) is 128 Å². The van der Waals surface area contributed by atoms with Crippen LogP contribution in [0.15, 0.2) is 0 Å². The molecule has 0 aromatic carbocycles. The molecule has 0 aliphatic carbocycles. The highest BCUT2D eigenvalue weighted by Gasteiger charge is 2.12. The van der Waals surface area contributed by atoms with Gasteiger partial charge in [0, 0.05) is 12.8 Å². The fraction of sp³-hybridized carbons (Fsp3) is 0.939. The van der Waals surface area contributed by atoms with Gasteiger partial charge in [-0.2, -0.15) is 0 Å². The van der Waals surface area contributed by atoms with Crippen LogP contribution in [0, 0.1) is 0 Å². The highest BCUT2D eigenvalue weighted by atomic mass is 16.6. The van der Waals surface area contributed by atoms with Gasteiger partial charge in [0.25, 0.3) is 0 Å². The van der Waals surface area contributed by atoms with Gasteiger partial charge in [0.05, 0.1) is 0 Å².